The van der Waals surface area contributed by atoms with Crippen LogP contribution in [0.15, 0.2) is 34.9 Å². The average molecular weight is 339 g/mol. The molecule has 0 radical (unpaired) electrons. The number of likely N-dealkylation sites (tertiary alicyclic amines) is 1. The molecule has 1 amide bonds. The van der Waals surface area contributed by atoms with Gasteiger partial charge in [0.1, 0.15) is 5.76 Å². The van der Waals surface area contributed by atoms with E-state index in [-0.39, 0.29) is 5.91 Å². The molecule has 0 aliphatic carbocycles. The number of aryl methyl sites for hydroxylation is 1. The predicted octanol–water partition coefficient (Wildman–Crippen LogP) is 2.89. The molecule has 132 valence electrons. The third kappa shape index (κ3) is 3.61. The first-order valence-electron chi connectivity index (χ1n) is 9.21. The molecular formula is C20H25N3O2. The van der Waals surface area contributed by atoms with E-state index >= 15 is 0 Å². The zero-order valence-electron chi connectivity index (χ0n) is 14.8. The van der Waals surface area contributed by atoms with Crippen LogP contribution in [0.5, 0.6) is 0 Å². The van der Waals surface area contributed by atoms with Gasteiger partial charge in [-0.2, -0.15) is 0 Å². The lowest BCUT2D eigenvalue weighted by atomic mass is 9.94. The van der Waals surface area contributed by atoms with E-state index < -0.39 is 0 Å². The summed E-state index contributed by atoms with van der Waals surface area (Å²) in [7, 11) is 0. The van der Waals surface area contributed by atoms with Crippen LogP contribution in [0.1, 0.15) is 40.2 Å². The molecule has 0 spiro atoms. The average Bonchev–Trinajstić information content (AvgIpc) is 3.07. The lowest BCUT2D eigenvalue weighted by Crippen LogP contribution is -2.44. The van der Waals surface area contributed by atoms with Crippen molar-refractivity contribution >= 4 is 5.91 Å². The van der Waals surface area contributed by atoms with Crippen LogP contribution in [0.25, 0.3) is 0 Å². The van der Waals surface area contributed by atoms with E-state index in [1.54, 1.807) is 6.07 Å². The van der Waals surface area contributed by atoms with Gasteiger partial charge in [-0.15, -0.1) is 0 Å². The number of nitrogens with zero attached hydrogens (tertiary/aromatic N) is 3. The summed E-state index contributed by atoms with van der Waals surface area (Å²) in [6.45, 7) is 6.67. The predicted molar refractivity (Wildman–Crippen MR) is 95.3 cm³/mol. The zero-order valence-corrected chi connectivity index (χ0v) is 14.8. The van der Waals surface area contributed by atoms with E-state index in [1.807, 2.05) is 11.8 Å². The Morgan fingerprint density at radius 2 is 2.12 bits per heavy atom. The van der Waals surface area contributed by atoms with Crippen molar-refractivity contribution in [2.75, 3.05) is 26.2 Å². The molecule has 0 saturated carbocycles. The van der Waals surface area contributed by atoms with Crippen LogP contribution < -0.4 is 0 Å². The molecule has 0 bridgehead atoms. The van der Waals surface area contributed by atoms with Gasteiger partial charge in [-0.25, -0.2) is 0 Å². The number of hydrogen-bond acceptors (Lipinski definition) is 4. The fraction of sp³-hybridized carbons (Fsp3) is 0.500. The lowest BCUT2D eigenvalue weighted by Gasteiger charge is -2.37. The van der Waals surface area contributed by atoms with Crippen molar-refractivity contribution in [2.24, 2.45) is 5.92 Å². The smallest absolute Gasteiger partial charge is 0.276 e. The van der Waals surface area contributed by atoms with Crippen LogP contribution in [-0.2, 0) is 13.0 Å². The normalized spacial score (nSPS) is 21.2. The molecule has 3 heterocycles. The van der Waals surface area contributed by atoms with Gasteiger partial charge >= 0.3 is 0 Å². The fourth-order valence-electron chi connectivity index (χ4n) is 4.10. The Kier molecular flexibility index (Phi) is 4.57. The summed E-state index contributed by atoms with van der Waals surface area (Å²) in [6.07, 6.45) is 3.39. The summed E-state index contributed by atoms with van der Waals surface area (Å²) in [6, 6.07) is 10.5. The van der Waals surface area contributed by atoms with Crippen molar-refractivity contribution in [2.45, 2.75) is 32.7 Å². The number of fused-ring (bicyclic) bond motifs is 1. The molecule has 5 nitrogen and oxygen atoms in total. The molecule has 1 atom stereocenters. The van der Waals surface area contributed by atoms with Crippen LogP contribution in [0.2, 0.25) is 0 Å². The number of hydrogen-bond donors (Lipinski definition) is 0. The Bertz CT molecular complexity index is 755. The highest BCUT2D eigenvalue weighted by Gasteiger charge is 2.28. The summed E-state index contributed by atoms with van der Waals surface area (Å²) in [5.74, 6) is 1.23. The Morgan fingerprint density at radius 1 is 1.28 bits per heavy atom. The molecule has 1 aromatic heterocycles. The minimum Gasteiger partial charge on any atom is -0.361 e. The van der Waals surface area contributed by atoms with E-state index in [1.165, 1.54) is 17.5 Å². The van der Waals surface area contributed by atoms with Gasteiger partial charge in [-0.05, 0) is 43.2 Å². The third-order valence-electron chi connectivity index (χ3n) is 5.38. The maximum Gasteiger partial charge on any atom is 0.276 e. The van der Waals surface area contributed by atoms with Crippen LogP contribution in [0.4, 0.5) is 0 Å². The Balaban J connectivity index is 1.36. The van der Waals surface area contributed by atoms with Gasteiger partial charge in [0.25, 0.3) is 5.91 Å². The van der Waals surface area contributed by atoms with Gasteiger partial charge in [0, 0.05) is 38.8 Å². The molecule has 4 rings (SSSR count). The van der Waals surface area contributed by atoms with E-state index in [0.29, 0.717) is 17.4 Å². The maximum absolute atomic E-state index is 12.6. The highest BCUT2D eigenvalue weighted by molar-refractivity contribution is 5.92. The van der Waals surface area contributed by atoms with Gasteiger partial charge in [-0.1, -0.05) is 29.4 Å². The Morgan fingerprint density at radius 3 is 2.92 bits per heavy atom. The maximum atomic E-state index is 12.6. The number of carbonyl (C=O) groups excluding carboxylic acids is 1. The van der Waals surface area contributed by atoms with Crippen LogP contribution in [0, 0.1) is 12.8 Å². The standard InChI is InChI=1S/C20H25N3O2/c1-15-11-19(21-25-15)20(24)23-9-4-5-16(13-23)12-22-10-8-17-6-2-3-7-18(17)14-22/h2-3,6-7,11,16H,4-5,8-10,12-14H2,1H3. The highest BCUT2D eigenvalue weighted by Crippen LogP contribution is 2.23. The molecule has 5 heteroatoms. The first-order valence-corrected chi connectivity index (χ1v) is 9.21. The van der Waals surface area contributed by atoms with Gasteiger partial charge in [0.05, 0.1) is 0 Å². The van der Waals surface area contributed by atoms with Crippen molar-refractivity contribution in [1.82, 2.24) is 15.0 Å². The molecule has 25 heavy (non-hydrogen) atoms. The van der Waals surface area contributed by atoms with Gasteiger partial charge in [-0.3, -0.25) is 9.69 Å². The third-order valence-corrected chi connectivity index (χ3v) is 5.38. The molecule has 1 unspecified atom stereocenters. The summed E-state index contributed by atoms with van der Waals surface area (Å²) in [4.78, 5) is 17.1. The van der Waals surface area contributed by atoms with Crippen LogP contribution >= 0.6 is 0 Å². The van der Waals surface area contributed by atoms with E-state index in [2.05, 4.69) is 34.3 Å². The van der Waals surface area contributed by atoms with Crippen LogP contribution in [0.3, 0.4) is 0 Å². The number of amides is 1. The minimum absolute atomic E-state index is 0.00513. The largest absolute Gasteiger partial charge is 0.361 e. The number of benzene rings is 1. The summed E-state index contributed by atoms with van der Waals surface area (Å²) >= 11 is 0. The first kappa shape index (κ1) is 16.3. The van der Waals surface area contributed by atoms with Gasteiger partial charge in [0.2, 0.25) is 0 Å². The molecule has 1 fully saturated rings. The molecule has 2 aliphatic heterocycles. The molecule has 2 aromatic rings. The molecule has 2 aliphatic rings. The topological polar surface area (TPSA) is 49.6 Å². The van der Waals surface area contributed by atoms with E-state index in [9.17, 15) is 4.79 Å². The monoisotopic (exact) mass is 339 g/mol. The number of aromatic nitrogens is 1. The molecule has 1 aromatic carbocycles. The first-order chi connectivity index (χ1) is 12.2. The zero-order chi connectivity index (χ0) is 17.2. The Hall–Kier alpha value is -2.14. The molecule has 1 saturated heterocycles. The number of piperidine rings is 1. The highest BCUT2D eigenvalue weighted by atomic mass is 16.5. The fourth-order valence-corrected chi connectivity index (χ4v) is 4.10. The SMILES string of the molecule is Cc1cc(C(=O)N2CCCC(CN3CCc4ccccc4C3)C2)no1. The minimum atomic E-state index is 0.00513. The van der Waals surface area contributed by atoms with Crippen molar-refractivity contribution in [3.63, 3.8) is 0 Å². The second kappa shape index (κ2) is 7.00. The van der Waals surface area contributed by atoms with E-state index in [0.717, 1.165) is 45.6 Å². The quantitative estimate of drug-likeness (QED) is 0.863. The van der Waals surface area contributed by atoms with Gasteiger partial charge in [0.15, 0.2) is 5.69 Å². The van der Waals surface area contributed by atoms with Crippen molar-refractivity contribution in [1.29, 1.82) is 0 Å². The molecular weight excluding hydrogens is 314 g/mol. The van der Waals surface area contributed by atoms with Crippen molar-refractivity contribution in [3.8, 4) is 0 Å². The number of carbonyl (C=O) groups is 1. The van der Waals surface area contributed by atoms with Crippen LogP contribution in [-0.4, -0.2) is 47.0 Å². The molecule has 0 N–H and O–H groups in total. The van der Waals surface area contributed by atoms with Crippen molar-refractivity contribution < 1.29 is 9.32 Å². The summed E-state index contributed by atoms with van der Waals surface area (Å²) in [5.41, 5.74) is 3.38. The van der Waals surface area contributed by atoms with Gasteiger partial charge < -0.3 is 9.42 Å². The summed E-state index contributed by atoms with van der Waals surface area (Å²) in [5, 5.41) is 3.88. The second-order valence-electron chi connectivity index (χ2n) is 7.34. The lowest BCUT2D eigenvalue weighted by molar-refractivity contribution is 0.0623. The Labute approximate surface area is 148 Å². The van der Waals surface area contributed by atoms with Crippen molar-refractivity contribution in [3.05, 3.63) is 52.9 Å². The second-order valence-corrected chi connectivity index (χ2v) is 7.34. The summed E-state index contributed by atoms with van der Waals surface area (Å²) < 4.78 is 5.05. The van der Waals surface area contributed by atoms with E-state index in [4.69, 9.17) is 4.52 Å². The number of rotatable bonds is 3.